The number of halogens is 3. The molecule has 0 unspecified atom stereocenters. The molecule has 5 nitrogen and oxygen atoms in total. The second-order valence-corrected chi connectivity index (χ2v) is 7.11. The fourth-order valence-corrected chi connectivity index (χ4v) is 3.04. The van der Waals surface area contributed by atoms with Gasteiger partial charge in [0.1, 0.15) is 11.4 Å². The summed E-state index contributed by atoms with van der Waals surface area (Å²) in [6, 6.07) is 7.13. The van der Waals surface area contributed by atoms with E-state index < -0.39 is 21.4 Å². The fourth-order valence-electron chi connectivity index (χ4n) is 2.53. The number of nitrogens with zero attached hydrogens (tertiary/aromatic N) is 1. The number of fused-ring (bicyclic) bond motifs is 1. The molecule has 0 amide bonds. The van der Waals surface area contributed by atoms with E-state index in [9.17, 15) is 26.4 Å². The second-order valence-electron chi connectivity index (χ2n) is 5.57. The number of hydrogen-bond donors (Lipinski definition) is 0. The number of aliphatic imine (C=N–C) groups is 1. The zero-order valence-corrected chi connectivity index (χ0v) is 14.2. The highest BCUT2D eigenvalue weighted by Crippen LogP contribution is 2.33. The number of hydrogen-bond acceptors (Lipinski definition) is 5. The van der Waals surface area contributed by atoms with Crippen LogP contribution in [0.2, 0.25) is 0 Å². The van der Waals surface area contributed by atoms with Crippen molar-refractivity contribution in [3.8, 4) is 5.75 Å². The molecule has 0 saturated carbocycles. The van der Waals surface area contributed by atoms with Gasteiger partial charge in [0.15, 0.2) is 0 Å². The standard InChI is InChI=1S/C17H12F3NO4S/c1-10-13-6-4-12(16(22)14-3-2-8-21-14)9-11(13)5-7-15(10)25-26(23,24)17(18,19)20/h3-9H,2H2,1H3. The van der Waals surface area contributed by atoms with E-state index in [1.807, 2.05) is 0 Å². The van der Waals surface area contributed by atoms with E-state index in [-0.39, 0.29) is 11.3 Å². The summed E-state index contributed by atoms with van der Waals surface area (Å²) in [5.41, 5.74) is -4.59. The number of carbonyl (C=O) groups is 1. The minimum atomic E-state index is -5.75. The van der Waals surface area contributed by atoms with Crippen LogP contribution in [0, 0.1) is 6.92 Å². The number of Topliss-reactive ketones (excluding diaryl/α,β-unsaturated/α-hetero) is 1. The molecular weight excluding hydrogens is 371 g/mol. The third-order valence-corrected chi connectivity index (χ3v) is 4.83. The predicted molar refractivity (Wildman–Crippen MR) is 89.8 cm³/mol. The van der Waals surface area contributed by atoms with E-state index in [1.165, 1.54) is 25.1 Å². The molecule has 0 saturated heterocycles. The van der Waals surface area contributed by atoms with Gasteiger partial charge in [0.2, 0.25) is 5.78 Å². The molecule has 0 aromatic heterocycles. The Morgan fingerprint density at radius 1 is 1.19 bits per heavy atom. The lowest BCUT2D eigenvalue weighted by Crippen LogP contribution is -2.28. The minimum Gasteiger partial charge on any atom is -0.376 e. The van der Waals surface area contributed by atoms with Crippen molar-refractivity contribution in [1.82, 2.24) is 0 Å². The average molecular weight is 383 g/mol. The normalized spacial score (nSPS) is 14.5. The minimum absolute atomic E-state index is 0.215. The summed E-state index contributed by atoms with van der Waals surface area (Å²) in [7, 11) is -5.75. The highest BCUT2D eigenvalue weighted by atomic mass is 32.2. The van der Waals surface area contributed by atoms with Gasteiger partial charge in [-0.3, -0.25) is 9.79 Å². The van der Waals surface area contributed by atoms with Crippen LogP contribution >= 0.6 is 0 Å². The zero-order valence-electron chi connectivity index (χ0n) is 13.4. The Labute approximate surface area is 146 Å². The van der Waals surface area contributed by atoms with Crippen molar-refractivity contribution in [3.05, 3.63) is 53.2 Å². The molecule has 1 aliphatic rings. The van der Waals surface area contributed by atoms with Crippen LogP contribution in [0.4, 0.5) is 13.2 Å². The van der Waals surface area contributed by atoms with Crippen LogP contribution < -0.4 is 4.18 Å². The third kappa shape index (κ3) is 3.22. The van der Waals surface area contributed by atoms with E-state index in [0.717, 1.165) is 6.07 Å². The van der Waals surface area contributed by atoms with E-state index in [1.54, 1.807) is 18.4 Å². The molecule has 0 spiro atoms. The Balaban J connectivity index is 1.99. The molecule has 9 heteroatoms. The Morgan fingerprint density at radius 3 is 2.54 bits per heavy atom. The van der Waals surface area contributed by atoms with Crippen molar-refractivity contribution >= 4 is 32.9 Å². The maximum absolute atomic E-state index is 12.5. The summed E-state index contributed by atoms with van der Waals surface area (Å²) < 4.78 is 64.1. The van der Waals surface area contributed by atoms with Crippen molar-refractivity contribution < 1.29 is 30.6 Å². The van der Waals surface area contributed by atoms with Crippen molar-refractivity contribution in [1.29, 1.82) is 0 Å². The van der Waals surface area contributed by atoms with Gasteiger partial charge < -0.3 is 4.18 Å². The molecule has 2 aromatic carbocycles. The van der Waals surface area contributed by atoms with E-state index in [2.05, 4.69) is 9.18 Å². The monoisotopic (exact) mass is 383 g/mol. The summed E-state index contributed by atoms with van der Waals surface area (Å²) in [4.78, 5) is 16.3. The molecule has 0 fully saturated rings. The summed E-state index contributed by atoms with van der Waals surface area (Å²) in [6.07, 6.45) is 3.89. The molecule has 1 heterocycles. The molecular formula is C17H12F3NO4S. The number of ketones is 1. The Bertz CT molecular complexity index is 1070. The van der Waals surface area contributed by atoms with Crippen molar-refractivity contribution in [2.45, 2.75) is 18.9 Å². The molecule has 0 atom stereocenters. The number of aryl methyl sites for hydroxylation is 1. The van der Waals surface area contributed by atoms with Crippen LogP contribution in [0.1, 0.15) is 22.3 Å². The first-order valence-electron chi connectivity index (χ1n) is 7.42. The maximum Gasteiger partial charge on any atom is 0.534 e. The van der Waals surface area contributed by atoms with Crippen LogP contribution in [-0.4, -0.2) is 25.9 Å². The van der Waals surface area contributed by atoms with Gasteiger partial charge in [0, 0.05) is 23.8 Å². The first-order chi connectivity index (χ1) is 12.1. The lowest BCUT2D eigenvalue weighted by molar-refractivity contribution is -0.0500. The van der Waals surface area contributed by atoms with Crippen LogP contribution in [0.25, 0.3) is 10.8 Å². The number of alkyl halides is 3. The van der Waals surface area contributed by atoms with Gasteiger partial charge in [0.05, 0.1) is 0 Å². The molecule has 0 bridgehead atoms. The predicted octanol–water partition coefficient (Wildman–Crippen LogP) is 3.92. The van der Waals surface area contributed by atoms with Crippen LogP contribution in [0.5, 0.6) is 5.75 Å². The Kier molecular flexibility index (Phi) is 4.35. The maximum atomic E-state index is 12.5. The fraction of sp³-hybridized carbons (Fsp3) is 0.176. The SMILES string of the molecule is Cc1c(OS(=O)(=O)C(F)(F)F)ccc2cc(C(=O)C3=CCC=N3)ccc12. The smallest absolute Gasteiger partial charge is 0.376 e. The van der Waals surface area contributed by atoms with Crippen LogP contribution in [-0.2, 0) is 10.1 Å². The first-order valence-corrected chi connectivity index (χ1v) is 8.82. The first kappa shape index (κ1) is 18.1. The van der Waals surface area contributed by atoms with Crippen molar-refractivity contribution in [3.63, 3.8) is 0 Å². The van der Waals surface area contributed by atoms with Crippen LogP contribution in [0.15, 0.2) is 47.1 Å². The van der Waals surface area contributed by atoms with E-state index >= 15 is 0 Å². The van der Waals surface area contributed by atoms with E-state index in [0.29, 0.717) is 28.5 Å². The molecule has 0 aliphatic carbocycles. The quantitative estimate of drug-likeness (QED) is 0.456. The van der Waals surface area contributed by atoms with Gasteiger partial charge in [-0.25, -0.2) is 0 Å². The van der Waals surface area contributed by atoms with Gasteiger partial charge >= 0.3 is 15.6 Å². The number of rotatable bonds is 4. The molecule has 26 heavy (non-hydrogen) atoms. The lowest BCUT2D eigenvalue weighted by Gasteiger charge is -2.13. The lowest BCUT2D eigenvalue weighted by atomic mass is 9.99. The topological polar surface area (TPSA) is 72.8 Å². The summed E-state index contributed by atoms with van der Waals surface area (Å²) >= 11 is 0. The Morgan fingerprint density at radius 2 is 1.92 bits per heavy atom. The number of carbonyl (C=O) groups excluding carboxylic acids is 1. The van der Waals surface area contributed by atoms with Gasteiger partial charge in [-0.05, 0) is 35.9 Å². The van der Waals surface area contributed by atoms with Gasteiger partial charge in [0.25, 0.3) is 0 Å². The number of benzene rings is 2. The Hall–Kier alpha value is -2.68. The molecule has 3 rings (SSSR count). The summed E-state index contributed by atoms with van der Waals surface area (Å²) in [6.45, 7) is 1.44. The van der Waals surface area contributed by atoms with Gasteiger partial charge in [-0.15, -0.1) is 0 Å². The third-order valence-electron chi connectivity index (χ3n) is 3.86. The highest BCUT2D eigenvalue weighted by Gasteiger charge is 2.48. The molecule has 2 aromatic rings. The second kappa shape index (κ2) is 6.24. The zero-order chi connectivity index (χ0) is 19.1. The van der Waals surface area contributed by atoms with Gasteiger partial charge in [-0.1, -0.05) is 18.2 Å². The van der Waals surface area contributed by atoms with E-state index in [4.69, 9.17) is 0 Å². The molecule has 0 N–H and O–H groups in total. The highest BCUT2D eigenvalue weighted by molar-refractivity contribution is 7.88. The molecule has 1 aliphatic heterocycles. The summed E-state index contributed by atoms with van der Waals surface area (Å²) in [5.74, 6) is -0.685. The van der Waals surface area contributed by atoms with Crippen molar-refractivity contribution in [2.24, 2.45) is 4.99 Å². The van der Waals surface area contributed by atoms with Gasteiger partial charge in [-0.2, -0.15) is 21.6 Å². The molecule has 0 radical (unpaired) electrons. The largest absolute Gasteiger partial charge is 0.534 e. The van der Waals surface area contributed by atoms with Crippen molar-refractivity contribution in [2.75, 3.05) is 0 Å². The number of allylic oxidation sites excluding steroid dienone is 2. The summed E-state index contributed by atoms with van der Waals surface area (Å²) in [5, 5.41) is 1.04. The average Bonchev–Trinajstić information content (AvgIpc) is 3.10. The molecule has 136 valence electrons. The van der Waals surface area contributed by atoms with Crippen LogP contribution in [0.3, 0.4) is 0 Å².